The monoisotopic (exact) mass is 707 g/mol. The quantitative estimate of drug-likeness (QED) is 0.179. The molecule has 0 saturated carbocycles. The van der Waals surface area contributed by atoms with E-state index in [0.717, 1.165) is 66.1 Å². The summed E-state index contributed by atoms with van der Waals surface area (Å²) in [5.41, 5.74) is 9.07. The number of aromatic nitrogens is 3. The molecule has 3 heterocycles. The van der Waals surface area contributed by atoms with Crippen molar-refractivity contribution in [3.8, 4) is 56.4 Å². The molecule has 0 aliphatic carbocycles. The fourth-order valence-electron chi connectivity index (χ4n) is 7.75. The van der Waals surface area contributed by atoms with Crippen LogP contribution in [-0.2, 0) is 0 Å². The molecule has 11 aromatic rings. The van der Waals surface area contributed by atoms with Crippen molar-refractivity contribution in [1.82, 2.24) is 15.0 Å². The van der Waals surface area contributed by atoms with Crippen molar-refractivity contribution in [3.63, 3.8) is 0 Å². The van der Waals surface area contributed by atoms with E-state index in [1.54, 1.807) is 11.3 Å². The van der Waals surface area contributed by atoms with E-state index in [4.69, 9.17) is 19.4 Å². The van der Waals surface area contributed by atoms with E-state index in [1.807, 2.05) is 12.1 Å². The Morgan fingerprint density at radius 1 is 0.352 bits per heavy atom. The summed E-state index contributed by atoms with van der Waals surface area (Å²) in [5.74, 6) is 1.86. The number of rotatable bonds is 5. The fraction of sp³-hybridized carbons (Fsp3) is 0. The van der Waals surface area contributed by atoms with Crippen LogP contribution in [0.15, 0.2) is 180 Å². The Morgan fingerprint density at radius 3 is 1.74 bits per heavy atom. The molecule has 0 bridgehead atoms. The highest BCUT2D eigenvalue weighted by atomic mass is 32.1. The van der Waals surface area contributed by atoms with Gasteiger partial charge in [0.2, 0.25) is 0 Å². The normalized spacial score (nSPS) is 11.7. The number of fused-ring (bicyclic) bond motifs is 8. The maximum Gasteiger partial charge on any atom is 0.164 e. The van der Waals surface area contributed by atoms with Gasteiger partial charge in [0.25, 0.3) is 0 Å². The topological polar surface area (TPSA) is 51.8 Å². The van der Waals surface area contributed by atoms with E-state index in [0.29, 0.717) is 17.5 Å². The van der Waals surface area contributed by atoms with Gasteiger partial charge in [0, 0.05) is 53.0 Å². The lowest BCUT2D eigenvalue weighted by Gasteiger charge is -2.12. The highest BCUT2D eigenvalue weighted by Crippen LogP contribution is 2.43. The maximum absolute atomic E-state index is 6.67. The predicted octanol–water partition coefficient (Wildman–Crippen LogP) is 13.6. The van der Waals surface area contributed by atoms with Gasteiger partial charge in [0.05, 0.1) is 0 Å². The SMILES string of the molecule is c1ccc(-c2ccc(-c3nc(-c4ccc5sc6ccccc6c5c4)nc(-c4cc5c(oc6cccc(-c7ccccc7)c65)c5ccccc45)n3)cc2)cc1. The van der Waals surface area contributed by atoms with Crippen molar-refractivity contribution in [2.75, 3.05) is 0 Å². The first-order valence-electron chi connectivity index (χ1n) is 18.0. The van der Waals surface area contributed by atoms with Crippen molar-refractivity contribution in [1.29, 1.82) is 0 Å². The van der Waals surface area contributed by atoms with Crippen LogP contribution >= 0.6 is 11.3 Å². The number of benzene rings is 8. The molecule has 0 atom stereocenters. The minimum atomic E-state index is 0.613. The van der Waals surface area contributed by atoms with E-state index in [2.05, 4.69) is 164 Å². The lowest BCUT2D eigenvalue weighted by Crippen LogP contribution is -2.00. The lowest BCUT2D eigenvalue weighted by atomic mass is 9.96. The van der Waals surface area contributed by atoms with Crippen LogP contribution in [0.2, 0.25) is 0 Å². The molecule has 5 heteroatoms. The molecule has 0 fully saturated rings. The molecule has 0 N–H and O–H groups in total. The number of hydrogen-bond donors (Lipinski definition) is 0. The summed E-state index contributed by atoms with van der Waals surface area (Å²) >= 11 is 1.81. The van der Waals surface area contributed by atoms with Gasteiger partial charge in [0.15, 0.2) is 17.5 Å². The van der Waals surface area contributed by atoms with Gasteiger partial charge in [-0.05, 0) is 64.0 Å². The third kappa shape index (κ3) is 5.01. The minimum absolute atomic E-state index is 0.613. The highest BCUT2D eigenvalue weighted by Gasteiger charge is 2.21. The number of furan rings is 1. The summed E-state index contributed by atoms with van der Waals surface area (Å²) in [4.78, 5) is 15.7. The van der Waals surface area contributed by atoms with Gasteiger partial charge >= 0.3 is 0 Å². The van der Waals surface area contributed by atoms with Crippen LogP contribution in [0, 0.1) is 0 Å². The lowest BCUT2D eigenvalue weighted by molar-refractivity contribution is 0.673. The van der Waals surface area contributed by atoms with Crippen molar-refractivity contribution in [2.45, 2.75) is 0 Å². The molecule has 252 valence electrons. The molecule has 0 radical (unpaired) electrons. The molecule has 8 aromatic carbocycles. The first-order valence-corrected chi connectivity index (χ1v) is 18.8. The molecule has 0 aliphatic rings. The van der Waals surface area contributed by atoms with Crippen LogP contribution < -0.4 is 0 Å². The van der Waals surface area contributed by atoms with Crippen LogP contribution in [0.4, 0.5) is 0 Å². The van der Waals surface area contributed by atoms with Crippen LogP contribution in [0.25, 0.3) is 109 Å². The molecular formula is C49H29N3OS. The van der Waals surface area contributed by atoms with E-state index in [-0.39, 0.29) is 0 Å². The first-order chi connectivity index (χ1) is 26.7. The Labute approximate surface area is 314 Å². The maximum atomic E-state index is 6.67. The fourth-order valence-corrected chi connectivity index (χ4v) is 8.84. The molecule has 54 heavy (non-hydrogen) atoms. The van der Waals surface area contributed by atoms with Crippen LogP contribution in [0.1, 0.15) is 0 Å². The van der Waals surface area contributed by atoms with Gasteiger partial charge in [0.1, 0.15) is 11.2 Å². The third-order valence-electron chi connectivity index (χ3n) is 10.3. The molecule has 0 saturated heterocycles. The van der Waals surface area contributed by atoms with Crippen LogP contribution in [0.3, 0.4) is 0 Å². The van der Waals surface area contributed by atoms with Crippen molar-refractivity contribution in [2.24, 2.45) is 0 Å². The molecule has 0 amide bonds. The number of hydrogen-bond acceptors (Lipinski definition) is 5. The second kappa shape index (κ2) is 12.3. The predicted molar refractivity (Wildman–Crippen MR) is 225 cm³/mol. The summed E-state index contributed by atoms with van der Waals surface area (Å²) < 4.78 is 9.17. The van der Waals surface area contributed by atoms with E-state index in [1.165, 1.54) is 25.7 Å². The smallest absolute Gasteiger partial charge is 0.164 e. The van der Waals surface area contributed by atoms with Crippen molar-refractivity contribution < 1.29 is 4.42 Å². The summed E-state index contributed by atoms with van der Waals surface area (Å²) in [6.07, 6.45) is 0. The average Bonchev–Trinajstić information content (AvgIpc) is 3.82. The zero-order valence-corrected chi connectivity index (χ0v) is 29.7. The molecule has 3 aromatic heterocycles. The van der Waals surface area contributed by atoms with Crippen LogP contribution in [-0.4, -0.2) is 15.0 Å². The molecule has 0 aliphatic heterocycles. The molecule has 0 spiro atoms. The molecule has 11 rings (SSSR count). The first kappa shape index (κ1) is 30.7. The van der Waals surface area contributed by atoms with Gasteiger partial charge in [-0.2, -0.15) is 0 Å². The van der Waals surface area contributed by atoms with Crippen molar-refractivity contribution >= 4 is 64.2 Å². The third-order valence-corrected chi connectivity index (χ3v) is 11.5. The van der Waals surface area contributed by atoms with E-state index in [9.17, 15) is 0 Å². The van der Waals surface area contributed by atoms with E-state index >= 15 is 0 Å². The summed E-state index contributed by atoms with van der Waals surface area (Å²) in [5, 5.41) is 6.58. The number of nitrogens with zero attached hydrogens (tertiary/aromatic N) is 3. The Morgan fingerprint density at radius 2 is 0.944 bits per heavy atom. The Balaban J connectivity index is 1.17. The molecule has 0 unspecified atom stereocenters. The van der Waals surface area contributed by atoms with Gasteiger partial charge in [-0.1, -0.05) is 140 Å². The molecular weight excluding hydrogens is 679 g/mol. The second-order valence-electron chi connectivity index (χ2n) is 13.6. The highest BCUT2D eigenvalue weighted by molar-refractivity contribution is 7.25. The largest absolute Gasteiger partial charge is 0.455 e. The zero-order chi connectivity index (χ0) is 35.6. The summed E-state index contributed by atoms with van der Waals surface area (Å²) in [6.45, 7) is 0. The summed E-state index contributed by atoms with van der Waals surface area (Å²) in [6, 6.07) is 61.5. The molecule has 4 nitrogen and oxygen atoms in total. The van der Waals surface area contributed by atoms with E-state index < -0.39 is 0 Å². The van der Waals surface area contributed by atoms with Gasteiger partial charge in [-0.15, -0.1) is 11.3 Å². The second-order valence-corrected chi connectivity index (χ2v) is 14.6. The average molecular weight is 708 g/mol. The Kier molecular flexibility index (Phi) is 7.00. The standard InChI is InChI=1S/C49H29N3OS/c1-3-12-30(13-4-1)31-22-24-33(25-23-31)47-50-48(34-26-27-44-39(28-34)37-17-9-10-21-43(37)54-44)52-49(51-47)40-29-41-45-35(32-14-5-2-6-15-32)19-11-20-42(45)53-46(41)38-18-8-7-16-36(38)40/h1-29H. The van der Waals surface area contributed by atoms with Gasteiger partial charge in [-0.3, -0.25) is 0 Å². The Hall–Kier alpha value is -6.95. The summed E-state index contributed by atoms with van der Waals surface area (Å²) in [7, 11) is 0. The van der Waals surface area contributed by atoms with Gasteiger partial charge in [-0.25, -0.2) is 15.0 Å². The Bertz CT molecular complexity index is 3200. The number of thiophene rings is 1. The van der Waals surface area contributed by atoms with Gasteiger partial charge < -0.3 is 4.42 Å². The van der Waals surface area contributed by atoms with Crippen LogP contribution in [0.5, 0.6) is 0 Å². The minimum Gasteiger partial charge on any atom is -0.455 e. The van der Waals surface area contributed by atoms with Crippen molar-refractivity contribution in [3.05, 3.63) is 176 Å². The zero-order valence-electron chi connectivity index (χ0n) is 28.9.